The molecule has 1 fully saturated rings. The maximum absolute atomic E-state index is 13.9. The first-order valence-electron chi connectivity index (χ1n) is 8.34. The number of hydrogen-bond donors (Lipinski definition) is 1. The minimum Gasteiger partial charge on any atom is -0.432 e. The van der Waals surface area contributed by atoms with E-state index in [1.807, 2.05) is 0 Å². The highest BCUT2D eigenvalue weighted by Gasteiger charge is 2.23. The van der Waals surface area contributed by atoms with Crippen LogP contribution in [0.3, 0.4) is 0 Å². The summed E-state index contributed by atoms with van der Waals surface area (Å²) in [6.45, 7) is -3.12. The lowest BCUT2D eigenvalue weighted by molar-refractivity contribution is -0.0520. The van der Waals surface area contributed by atoms with Gasteiger partial charge in [0.1, 0.15) is 0 Å². The Morgan fingerprint density at radius 3 is 2.62 bits per heavy atom. The molecule has 1 aromatic heterocycles. The Morgan fingerprint density at radius 1 is 1.23 bits per heavy atom. The molecular formula is C18H19F3N2O3. The van der Waals surface area contributed by atoms with Gasteiger partial charge in [-0.15, -0.1) is 0 Å². The first-order chi connectivity index (χ1) is 12.5. The molecule has 1 aliphatic carbocycles. The molecule has 3 rings (SSSR count). The quantitative estimate of drug-likeness (QED) is 0.875. The van der Waals surface area contributed by atoms with Crippen LogP contribution in [0.5, 0.6) is 5.75 Å². The van der Waals surface area contributed by atoms with E-state index in [2.05, 4.69) is 15.0 Å². The SMILES string of the molecule is CO[C@H]1CC[C@H](NC(=O)c2cnc3cc(OC(F)F)c(F)cc3c2)CC1. The van der Waals surface area contributed by atoms with E-state index in [0.717, 1.165) is 37.8 Å². The number of amides is 1. The molecule has 1 N–H and O–H groups in total. The Labute approximate surface area is 148 Å². The van der Waals surface area contributed by atoms with Crippen molar-refractivity contribution in [3.8, 4) is 5.75 Å². The minimum atomic E-state index is -3.12. The Balaban J connectivity index is 1.73. The summed E-state index contributed by atoms with van der Waals surface area (Å²) in [4.78, 5) is 16.5. The van der Waals surface area contributed by atoms with Crippen LogP contribution in [0, 0.1) is 5.82 Å². The topological polar surface area (TPSA) is 60.5 Å². The smallest absolute Gasteiger partial charge is 0.387 e. The third-order valence-corrected chi connectivity index (χ3v) is 4.56. The van der Waals surface area contributed by atoms with Gasteiger partial charge in [-0.2, -0.15) is 8.78 Å². The number of nitrogens with zero attached hydrogens (tertiary/aromatic N) is 1. The van der Waals surface area contributed by atoms with Gasteiger partial charge in [0.2, 0.25) is 0 Å². The average molecular weight is 368 g/mol. The van der Waals surface area contributed by atoms with Gasteiger partial charge >= 0.3 is 6.61 Å². The fourth-order valence-corrected chi connectivity index (χ4v) is 3.15. The molecule has 2 aromatic rings. The van der Waals surface area contributed by atoms with Crippen LogP contribution in [-0.4, -0.2) is 36.8 Å². The number of nitrogens with one attached hydrogen (secondary N) is 1. The lowest BCUT2D eigenvalue weighted by atomic mass is 9.93. The zero-order valence-corrected chi connectivity index (χ0v) is 14.2. The Bertz CT molecular complexity index is 793. The first kappa shape index (κ1) is 18.4. The molecule has 1 amide bonds. The van der Waals surface area contributed by atoms with Crippen molar-refractivity contribution in [3.05, 3.63) is 35.8 Å². The summed E-state index contributed by atoms with van der Waals surface area (Å²) in [6, 6.07) is 3.65. The largest absolute Gasteiger partial charge is 0.432 e. The molecule has 8 heteroatoms. The predicted molar refractivity (Wildman–Crippen MR) is 88.9 cm³/mol. The van der Waals surface area contributed by atoms with Gasteiger partial charge in [0.25, 0.3) is 5.91 Å². The van der Waals surface area contributed by atoms with Gasteiger partial charge < -0.3 is 14.8 Å². The van der Waals surface area contributed by atoms with Crippen LogP contribution in [0.4, 0.5) is 13.2 Å². The monoisotopic (exact) mass is 368 g/mol. The molecule has 0 atom stereocenters. The van der Waals surface area contributed by atoms with Crippen molar-refractivity contribution in [1.82, 2.24) is 10.3 Å². The van der Waals surface area contributed by atoms with Crippen LogP contribution >= 0.6 is 0 Å². The number of ether oxygens (including phenoxy) is 2. The number of alkyl halides is 2. The molecule has 0 spiro atoms. The van der Waals surface area contributed by atoms with E-state index in [1.165, 1.54) is 12.3 Å². The average Bonchev–Trinajstić information content (AvgIpc) is 2.62. The number of benzene rings is 1. The Hall–Kier alpha value is -2.35. The highest BCUT2D eigenvalue weighted by Crippen LogP contribution is 2.26. The summed E-state index contributed by atoms with van der Waals surface area (Å²) >= 11 is 0. The van der Waals surface area contributed by atoms with Crippen molar-refractivity contribution in [3.63, 3.8) is 0 Å². The fourth-order valence-electron chi connectivity index (χ4n) is 3.15. The molecule has 1 heterocycles. The Kier molecular flexibility index (Phi) is 5.61. The van der Waals surface area contributed by atoms with Gasteiger partial charge in [-0.1, -0.05) is 0 Å². The third kappa shape index (κ3) is 4.24. The molecule has 1 saturated carbocycles. The molecule has 26 heavy (non-hydrogen) atoms. The Morgan fingerprint density at radius 2 is 1.96 bits per heavy atom. The minimum absolute atomic E-state index is 0.0585. The number of carbonyl (C=O) groups excluding carboxylic acids is 1. The van der Waals surface area contributed by atoms with Gasteiger partial charge in [0.15, 0.2) is 11.6 Å². The molecule has 0 aliphatic heterocycles. The highest BCUT2D eigenvalue weighted by molar-refractivity contribution is 5.97. The molecule has 0 radical (unpaired) electrons. The van der Waals surface area contributed by atoms with E-state index in [-0.39, 0.29) is 29.1 Å². The van der Waals surface area contributed by atoms with Crippen LogP contribution in [-0.2, 0) is 4.74 Å². The van der Waals surface area contributed by atoms with Crippen LogP contribution in [0.2, 0.25) is 0 Å². The van der Waals surface area contributed by atoms with Gasteiger partial charge in [0.05, 0.1) is 17.2 Å². The van der Waals surface area contributed by atoms with Crippen LogP contribution in [0.25, 0.3) is 10.9 Å². The second-order valence-electron chi connectivity index (χ2n) is 6.26. The van der Waals surface area contributed by atoms with Crippen LogP contribution < -0.4 is 10.1 Å². The van der Waals surface area contributed by atoms with Crippen molar-refractivity contribution in [2.45, 2.75) is 44.4 Å². The predicted octanol–water partition coefficient (Wildman–Crippen LogP) is 3.66. The van der Waals surface area contributed by atoms with E-state index in [4.69, 9.17) is 4.74 Å². The van der Waals surface area contributed by atoms with E-state index < -0.39 is 18.2 Å². The summed E-state index contributed by atoms with van der Waals surface area (Å²) < 4.78 is 47.8. The second-order valence-corrected chi connectivity index (χ2v) is 6.26. The number of methoxy groups -OCH3 is 1. The summed E-state index contributed by atoms with van der Waals surface area (Å²) in [6.07, 6.45) is 4.99. The maximum Gasteiger partial charge on any atom is 0.387 e. The van der Waals surface area contributed by atoms with E-state index in [1.54, 1.807) is 7.11 Å². The van der Waals surface area contributed by atoms with Crippen molar-refractivity contribution in [1.29, 1.82) is 0 Å². The van der Waals surface area contributed by atoms with Crippen LogP contribution in [0.1, 0.15) is 36.0 Å². The van der Waals surface area contributed by atoms with Gasteiger partial charge in [-0.3, -0.25) is 9.78 Å². The zero-order valence-electron chi connectivity index (χ0n) is 14.2. The molecule has 5 nitrogen and oxygen atoms in total. The summed E-state index contributed by atoms with van der Waals surface area (Å²) in [5.41, 5.74) is 0.549. The van der Waals surface area contributed by atoms with Crippen LogP contribution in [0.15, 0.2) is 24.4 Å². The highest BCUT2D eigenvalue weighted by atomic mass is 19.3. The first-order valence-corrected chi connectivity index (χ1v) is 8.34. The second kappa shape index (κ2) is 7.90. The van der Waals surface area contributed by atoms with Crippen molar-refractivity contribution in [2.24, 2.45) is 0 Å². The van der Waals surface area contributed by atoms with E-state index in [9.17, 15) is 18.0 Å². The maximum atomic E-state index is 13.9. The van der Waals surface area contributed by atoms with E-state index in [0.29, 0.717) is 5.39 Å². The molecular weight excluding hydrogens is 349 g/mol. The van der Waals surface area contributed by atoms with Gasteiger partial charge in [-0.05, 0) is 37.8 Å². The van der Waals surface area contributed by atoms with E-state index >= 15 is 0 Å². The summed E-state index contributed by atoms with van der Waals surface area (Å²) in [5, 5.41) is 3.28. The van der Waals surface area contributed by atoms with Crippen molar-refractivity contribution < 1.29 is 27.4 Å². The number of halogens is 3. The zero-order chi connectivity index (χ0) is 18.7. The normalized spacial score (nSPS) is 20.3. The standard InChI is InChI=1S/C18H19F3N2O3/c1-25-13-4-2-12(3-5-13)23-17(24)11-6-10-7-14(19)16(26-18(20)21)8-15(10)22-9-11/h6-9,12-13,18H,2-5H2,1H3,(H,23,24)/t12-,13-. The number of fused-ring (bicyclic) bond motifs is 1. The molecule has 0 unspecified atom stereocenters. The number of hydrogen-bond acceptors (Lipinski definition) is 4. The molecule has 0 saturated heterocycles. The van der Waals surface area contributed by atoms with Crippen molar-refractivity contribution in [2.75, 3.05) is 7.11 Å². The number of rotatable bonds is 5. The molecule has 1 aliphatic rings. The van der Waals surface area contributed by atoms with Gasteiger partial charge in [-0.25, -0.2) is 4.39 Å². The number of aromatic nitrogens is 1. The van der Waals surface area contributed by atoms with Crippen molar-refractivity contribution >= 4 is 16.8 Å². The van der Waals surface area contributed by atoms with Gasteiger partial charge in [0, 0.05) is 30.8 Å². The number of pyridine rings is 1. The summed E-state index contributed by atoms with van der Waals surface area (Å²) in [5.74, 6) is -1.81. The molecule has 1 aromatic carbocycles. The lowest BCUT2D eigenvalue weighted by Gasteiger charge is -2.28. The third-order valence-electron chi connectivity index (χ3n) is 4.56. The summed E-state index contributed by atoms with van der Waals surface area (Å²) in [7, 11) is 1.68. The molecule has 0 bridgehead atoms. The lowest BCUT2D eigenvalue weighted by Crippen LogP contribution is -2.38. The molecule has 140 valence electrons. The number of carbonyl (C=O) groups is 1. The fraction of sp³-hybridized carbons (Fsp3) is 0.444.